The van der Waals surface area contributed by atoms with Gasteiger partial charge in [-0.2, -0.15) is 15.0 Å². The average molecular weight is 379 g/mol. The van der Waals surface area contributed by atoms with Crippen LogP contribution in [0.3, 0.4) is 0 Å². The fourth-order valence-corrected chi connectivity index (χ4v) is 3.29. The summed E-state index contributed by atoms with van der Waals surface area (Å²) in [4.78, 5) is 21.2. The molecular weight excluding hydrogens is 365 g/mol. The first-order valence-corrected chi connectivity index (χ1v) is 9.01. The van der Waals surface area contributed by atoms with Crippen molar-refractivity contribution in [1.29, 1.82) is 0 Å². The number of aromatic nitrogens is 5. The van der Waals surface area contributed by atoms with Crippen molar-refractivity contribution in [3.63, 3.8) is 0 Å². The quantitative estimate of drug-likeness (QED) is 0.401. The van der Waals surface area contributed by atoms with Crippen molar-refractivity contribution < 1.29 is 4.39 Å². The fourth-order valence-electron chi connectivity index (χ4n) is 2.45. The van der Waals surface area contributed by atoms with Crippen molar-refractivity contribution in [3.05, 3.63) is 66.5 Å². The van der Waals surface area contributed by atoms with Gasteiger partial charge in [0.15, 0.2) is 0 Å². The Hall–Kier alpha value is -3.33. The van der Waals surface area contributed by atoms with Crippen LogP contribution in [0, 0.1) is 5.82 Å². The Morgan fingerprint density at radius 1 is 0.963 bits per heavy atom. The van der Waals surface area contributed by atoms with Crippen molar-refractivity contribution in [2.45, 2.75) is 10.8 Å². The molecule has 4 aromatic rings. The Morgan fingerprint density at radius 2 is 1.78 bits per heavy atom. The van der Waals surface area contributed by atoms with Gasteiger partial charge >= 0.3 is 0 Å². The van der Waals surface area contributed by atoms with Crippen LogP contribution in [-0.2, 0) is 5.75 Å². The van der Waals surface area contributed by atoms with Gasteiger partial charge in [-0.25, -0.2) is 14.4 Å². The molecule has 0 aliphatic rings. The molecule has 0 radical (unpaired) electrons. The first-order chi connectivity index (χ1) is 13.2. The average Bonchev–Trinajstić information content (AvgIpc) is 2.68. The summed E-state index contributed by atoms with van der Waals surface area (Å²) in [5.41, 5.74) is 7.33. The van der Waals surface area contributed by atoms with Gasteiger partial charge in [-0.1, -0.05) is 30.0 Å². The number of para-hydroxylation sites is 1. The number of halogens is 1. The Labute approximate surface area is 158 Å². The molecule has 2 aromatic carbocycles. The van der Waals surface area contributed by atoms with Gasteiger partial charge in [0.2, 0.25) is 11.9 Å². The van der Waals surface area contributed by atoms with Gasteiger partial charge in [0.05, 0.1) is 11.3 Å². The molecule has 2 heterocycles. The van der Waals surface area contributed by atoms with E-state index >= 15 is 0 Å². The smallest absolute Gasteiger partial charge is 0.232 e. The second kappa shape index (κ2) is 7.50. The minimum absolute atomic E-state index is 0.109. The van der Waals surface area contributed by atoms with Crippen LogP contribution in [0.2, 0.25) is 0 Å². The van der Waals surface area contributed by atoms with Crippen LogP contribution in [0.15, 0.2) is 59.9 Å². The maximum absolute atomic E-state index is 13.0. The predicted molar refractivity (Wildman–Crippen MR) is 103 cm³/mol. The molecule has 4 rings (SSSR count). The summed E-state index contributed by atoms with van der Waals surface area (Å²) in [6.07, 6.45) is 1.54. The normalized spacial score (nSPS) is 10.9. The van der Waals surface area contributed by atoms with Crippen LogP contribution < -0.4 is 11.1 Å². The largest absolute Gasteiger partial charge is 0.368 e. The van der Waals surface area contributed by atoms with E-state index in [9.17, 15) is 4.39 Å². The highest BCUT2D eigenvalue weighted by molar-refractivity contribution is 7.98. The van der Waals surface area contributed by atoms with Crippen LogP contribution >= 0.6 is 11.8 Å². The summed E-state index contributed by atoms with van der Waals surface area (Å²) >= 11 is 1.49. The van der Waals surface area contributed by atoms with Crippen molar-refractivity contribution in [2.24, 2.45) is 0 Å². The van der Waals surface area contributed by atoms with Crippen LogP contribution in [0.4, 0.5) is 22.0 Å². The van der Waals surface area contributed by atoms with E-state index < -0.39 is 0 Å². The molecule has 0 bridgehead atoms. The zero-order valence-corrected chi connectivity index (χ0v) is 14.8. The maximum Gasteiger partial charge on any atom is 0.232 e. The van der Waals surface area contributed by atoms with Gasteiger partial charge in [-0.3, -0.25) is 0 Å². The topological polar surface area (TPSA) is 102 Å². The summed E-state index contributed by atoms with van der Waals surface area (Å²) in [7, 11) is 0. The molecular formula is C18H14FN7S. The Kier molecular flexibility index (Phi) is 4.75. The third kappa shape index (κ3) is 4.09. The lowest BCUT2D eigenvalue weighted by molar-refractivity contribution is 0.628. The number of fused-ring (bicyclic) bond motifs is 1. The molecule has 0 aliphatic heterocycles. The van der Waals surface area contributed by atoms with Crippen LogP contribution in [0.5, 0.6) is 0 Å². The molecule has 2 aromatic heterocycles. The van der Waals surface area contributed by atoms with Gasteiger partial charge in [-0.05, 0) is 30.3 Å². The van der Waals surface area contributed by atoms with E-state index in [1.54, 1.807) is 12.1 Å². The lowest BCUT2D eigenvalue weighted by Gasteiger charge is -2.08. The molecule has 0 fully saturated rings. The number of hydrogen-bond donors (Lipinski definition) is 2. The number of nitrogens with zero attached hydrogens (tertiary/aromatic N) is 5. The molecule has 0 saturated heterocycles. The molecule has 27 heavy (non-hydrogen) atoms. The highest BCUT2D eigenvalue weighted by Gasteiger charge is 2.09. The van der Waals surface area contributed by atoms with E-state index in [2.05, 4.69) is 30.2 Å². The molecule has 0 unspecified atom stereocenters. The van der Waals surface area contributed by atoms with E-state index in [4.69, 9.17) is 5.73 Å². The van der Waals surface area contributed by atoms with Gasteiger partial charge in [0.1, 0.15) is 23.0 Å². The minimum atomic E-state index is -0.315. The van der Waals surface area contributed by atoms with E-state index in [1.807, 2.05) is 24.3 Å². The van der Waals surface area contributed by atoms with E-state index in [0.717, 1.165) is 15.9 Å². The molecule has 0 atom stereocenters. The molecule has 0 amide bonds. The summed E-state index contributed by atoms with van der Waals surface area (Å²) in [6, 6.07) is 13.7. The molecule has 3 N–H and O–H groups in total. The zero-order chi connectivity index (χ0) is 18.6. The highest BCUT2D eigenvalue weighted by Crippen LogP contribution is 2.26. The minimum Gasteiger partial charge on any atom is -0.368 e. The number of nitrogens with two attached hydrogens (primary N) is 1. The predicted octanol–water partition coefficient (Wildman–Crippen LogP) is 3.57. The van der Waals surface area contributed by atoms with E-state index in [0.29, 0.717) is 23.2 Å². The lowest BCUT2D eigenvalue weighted by atomic mass is 10.2. The number of thioether (sulfide) groups is 1. The standard InChI is InChI=1S/C18H14FN7S/c19-11-5-7-12(8-6-11)23-18-25-15(24-17(20)26-18)9-27-16-13-3-1-2-4-14(13)21-10-22-16/h1-8,10H,9H2,(H3,20,23,24,25,26). The Balaban J connectivity index is 1.53. The van der Waals surface area contributed by atoms with E-state index in [1.165, 1.54) is 30.2 Å². The molecule has 0 spiro atoms. The van der Waals surface area contributed by atoms with Gasteiger partial charge in [-0.15, -0.1) is 0 Å². The number of nitrogen functional groups attached to an aromatic ring is 1. The number of anilines is 3. The van der Waals surface area contributed by atoms with Gasteiger partial charge in [0.25, 0.3) is 0 Å². The number of benzene rings is 2. The van der Waals surface area contributed by atoms with Crippen LogP contribution in [-0.4, -0.2) is 24.9 Å². The molecule has 7 nitrogen and oxygen atoms in total. The summed E-state index contributed by atoms with van der Waals surface area (Å²) in [5.74, 6) is 1.07. The Morgan fingerprint density at radius 3 is 2.63 bits per heavy atom. The second-order valence-electron chi connectivity index (χ2n) is 5.55. The molecule has 134 valence electrons. The fraction of sp³-hybridized carbons (Fsp3) is 0.0556. The number of hydrogen-bond acceptors (Lipinski definition) is 8. The summed E-state index contributed by atoms with van der Waals surface area (Å²) < 4.78 is 13.0. The first-order valence-electron chi connectivity index (χ1n) is 8.03. The molecule has 0 saturated carbocycles. The number of nitrogens with one attached hydrogen (secondary N) is 1. The maximum atomic E-state index is 13.0. The van der Waals surface area contributed by atoms with Crippen LogP contribution in [0.1, 0.15) is 5.82 Å². The number of rotatable bonds is 5. The SMILES string of the molecule is Nc1nc(CSc2ncnc3ccccc23)nc(Nc2ccc(F)cc2)n1. The van der Waals surface area contributed by atoms with Crippen molar-refractivity contribution in [1.82, 2.24) is 24.9 Å². The van der Waals surface area contributed by atoms with E-state index in [-0.39, 0.29) is 11.8 Å². The highest BCUT2D eigenvalue weighted by atomic mass is 32.2. The van der Waals surface area contributed by atoms with Crippen molar-refractivity contribution in [3.8, 4) is 0 Å². The van der Waals surface area contributed by atoms with Gasteiger partial charge in [0, 0.05) is 11.1 Å². The van der Waals surface area contributed by atoms with Gasteiger partial charge < -0.3 is 11.1 Å². The monoisotopic (exact) mass is 379 g/mol. The third-order valence-corrected chi connectivity index (χ3v) is 4.64. The zero-order valence-electron chi connectivity index (χ0n) is 14.0. The first kappa shape index (κ1) is 17.1. The van der Waals surface area contributed by atoms with Crippen molar-refractivity contribution in [2.75, 3.05) is 11.1 Å². The lowest BCUT2D eigenvalue weighted by Crippen LogP contribution is -2.06. The molecule has 0 aliphatic carbocycles. The van der Waals surface area contributed by atoms with Crippen LogP contribution in [0.25, 0.3) is 10.9 Å². The van der Waals surface area contributed by atoms with Crippen molar-refractivity contribution >= 4 is 40.2 Å². The Bertz CT molecular complexity index is 1080. The third-order valence-electron chi connectivity index (χ3n) is 3.64. The second-order valence-corrected chi connectivity index (χ2v) is 6.51. The summed E-state index contributed by atoms with van der Waals surface area (Å²) in [5, 5.41) is 4.81. The summed E-state index contributed by atoms with van der Waals surface area (Å²) in [6.45, 7) is 0. The molecule has 9 heteroatoms.